The highest BCUT2D eigenvalue weighted by molar-refractivity contribution is 5.87. The van der Waals surface area contributed by atoms with E-state index in [9.17, 15) is 18.8 Å². The molecule has 1 atom stereocenters. The molecule has 138 valence electrons. The van der Waals surface area contributed by atoms with Crippen molar-refractivity contribution in [1.82, 2.24) is 15.5 Å². The number of urea groups is 1. The van der Waals surface area contributed by atoms with Gasteiger partial charge in [0.2, 0.25) is 5.91 Å². The molecule has 3 N–H and O–H groups in total. The Hall–Kier alpha value is -2.64. The summed E-state index contributed by atoms with van der Waals surface area (Å²) in [5.74, 6) is -1.68. The van der Waals surface area contributed by atoms with E-state index < -0.39 is 18.0 Å². The third-order valence-electron chi connectivity index (χ3n) is 3.58. The van der Waals surface area contributed by atoms with Gasteiger partial charge >= 0.3 is 12.0 Å². The van der Waals surface area contributed by atoms with Crippen molar-refractivity contribution in [1.29, 1.82) is 0 Å². The molecule has 8 heteroatoms. The summed E-state index contributed by atoms with van der Waals surface area (Å²) >= 11 is 0. The number of carbonyl (C=O) groups excluding carboxylic acids is 2. The van der Waals surface area contributed by atoms with Crippen molar-refractivity contribution < 1.29 is 23.9 Å². The Bertz CT molecular complexity index is 592. The zero-order valence-corrected chi connectivity index (χ0v) is 14.4. The summed E-state index contributed by atoms with van der Waals surface area (Å²) < 4.78 is 12.8. The first-order valence-electron chi connectivity index (χ1n) is 8.09. The summed E-state index contributed by atoms with van der Waals surface area (Å²) in [5.41, 5.74) is 0.730. The number of rotatable bonds is 9. The van der Waals surface area contributed by atoms with Gasteiger partial charge in [-0.25, -0.2) is 9.18 Å². The van der Waals surface area contributed by atoms with Crippen molar-refractivity contribution in [2.45, 2.75) is 38.8 Å². The quantitative estimate of drug-likeness (QED) is 0.629. The summed E-state index contributed by atoms with van der Waals surface area (Å²) in [6.45, 7) is 2.16. The van der Waals surface area contributed by atoms with Gasteiger partial charge in [-0.3, -0.25) is 9.59 Å². The van der Waals surface area contributed by atoms with Gasteiger partial charge in [-0.1, -0.05) is 25.5 Å². The van der Waals surface area contributed by atoms with E-state index in [1.807, 2.05) is 6.92 Å². The third kappa shape index (κ3) is 7.65. The molecule has 0 fully saturated rings. The smallest absolute Gasteiger partial charge is 0.315 e. The number of benzene rings is 1. The van der Waals surface area contributed by atoms with Gasteiger partial charge in [0.15, 0.2) is 0 Å². The normalized spacial score (nSPS) is 11.5. The van der Waals surface area contributed by atoms with Gasteiger partial charge < -0.3 is 20.6 Å². The van der Waals surface area contributed by atoms with Crippen LogP contribution < -0.4 is 10.6 Å². The minimum absolute atomic E-state index is 0.0766. The molecular weight excluding hydrogens is 329 g/mol. The highest BCUT2D eigenvalue weighted by Gasteiger charge is 2.23. The molecule has 0 radical (unpaired) electrons. The number of nitrogens with one attached hydrogen (secondary N) is 2. The van der Waals surface area contributed by atoms with Crippen LogP contribution in [0.25, 0.3) is 0 Å². The Kier molecular flexibility index (Phi) is 8.38. The SMILES string of the molecule is CCCC(NC(=O)NCc1ccc(F)cc1)C(=O)N(C)CCC(=O)O. The lowest BCUT2D eigenvalue weighted by molar-refractivity contribution is -0.138. The Morgan fingerprint density at radius 1 is 1.24 bits per heavy atom. The van der Waals surface area contributed by atoms with E-state index in [-0.39, 0.29) is 31.2 Å². The predicted molar refractivity (Wildman–Crippen MR) is 90.4 cm³/mol. The molecule has 1 unspecified atom stereocenters. The van der Waals surface area contributed by atoms with Crippen molar-refractivity contribution >= 4 is 17.9 Å². The number of nitrogens with zero attached hydrogens (tertiary/aromatic N) is 1. The zero-order chi connectivity index (χ0) is 18.8. The van der Waals surface area contributed by atoms with Crippen LogP contribution in [0.3, 0.4) is 0 Å². The van der Waals surface area contributed by atoms with Crippen LogP contribution in [0.1, 0.15) is 31.7 Å². The molecule has 0 heterocycles. The molecule has 0 aliphatic heterocycles. The molecule has 0 aromatic heterocycles. The highest BCUT2D eigenvalue weighted by Crippen LogP contribution is 2.04. The number of hydrogen-bond donors (Lipinski definition) is 3. The monoisotopic (exact) mass is 353 g/mol. The largest absolute Gasteiger partial charge is 0.481 e. The Balaban J connectivity index is 2.54. The maximum atomic E-state index is 12.8. The van der Waals surface area contributed by atoms with Crippen molar-refractivity contribution in [2.75, 3.05) is 13.6 Å². The van der Waals surface area contributed by atoms with E-state index in [0.717, 1.165) is 5.56 Å². The maximum Gasteiger partial charge on any atom is 0.315 e. The van der Waals surface area contributed by atoms with Crippen molar-refractivity contribution in [2.24, 2.45) is 0 Å². The van der Waals surface area contributed by atoms with Gasteiger partial charge in [-0.05, 0) is 24.1 Å². The summed E-state index contributed by atoms with van der Waals surface area (Å²) in [4.78, 5) is 36.2. The molecule has 1 rings (SSSR count). The van der Waals surface area contributed by atoms with Crippen LogP contribution in [-0.2, 0) is 16.1 Å². The predicted octanol–water partition coefficient (Wildman–Crippen LogP) is 1.73. The Morgan fingerprint density at radius 2 is 1.88 bits per heavy atom. The minimum atomic E-state index is -0.989. The van der Waals surface area contributed by atoms with Crippen molar-refractivity contribution in [3.63, 3.8) is 0 Å². The molecule has 3 amide bonds. The molecule has 1 aromatic carbocycles. The minimum Gasteiger partial charge on any atom is -0.481 e. The summed E-state index contributed by atoms with van der Waals surface area (Å²) in [6, 6.07) is 4.49. The Morgan fingerprint density at radius 3 is 2.44 bits per heavy atom. The fourth-order valence-electron chi connectivity index (χ4n) is 2.18. The van der Waals surface area contributed by atoms with Crippen LogP contribution in [0, 0.1) is 5.82 Å². The third-order valence-corrected chi connectivity index (χ3v) is 3.58. The van der Waals surface area contributed by atoms with Gasteiger partial charge in [0.25, 0.3) is 0 Å². The number of hydrogen-bond acceptors (Lipinski definition) is 3. The number of halogens is 1. The standard InChI is InChI=1S/C17H24FN3O4/c1-3-4-14(16(24)21(2)10-9-15(22)23)20-17(25)19-11-12-5-7-13(18)8-6-12/h5-8,14H,3-4,9-11H2,1-2H3,(H,22,23)(H2,19,20,25). The van der Waals surface area contributed by atoms with E-state index in [1.165, 1.54) is 24.1 Å². The van der Waals surface area contributed by atoms with Gasteiger partial charge in [0.05, 0.1) is 6.42 Å². The van der Waals surface area contributed by atoms with E-state index in [2.05, 4.69) is 10.6 Å². The number of carboxylic acid groups (broad SMARTS) is 1. The fraction of sp³-hybridized carbons (Fsp3) is 0.471. The molecule has 0 bridgehead atoms. The van der Waals surface area contributed by atoms with E-state index in [1.54, 1.807) is 12.1 Å². The topological polar surface area (TPSA) is 98.7 Å². The zero-order valence-electron chi connectivity index (χ0n) is 14.4. The first-order chi connectivity index (χ1) is 11.8. The lowest BCUT2D eigenvalue weighted by Gasteiger charge is -2.24. The van der Waals surface area contributed by atoms with Crippen molar-refractivity contribution in [3.05, 3.63) is 35.6 Å². The first kappa shape index (κ1) is 20.4. The molecule has 0 saturated heterocycles. The average Bonchev–Trinajstić information content (AvgIpc) is 2.58. The second-order valence-electron chi connectivity index (χ2n) is 5.70. The van der Waals surface area contributed by atoms with Crippen LogP contribution in [0.2, 0.25) is 0 Å². The molecule has 0 aliphatic carbocycles. The van der Waals surface area contributed by atoms with Crippen LogP contribution in [0.4, 0.5) is 9.18 Å². The fourth-order valence-corrected chi connectivity index (χ4v) is 2.18. The van der Waals surface area contributed by atoms with E-state index in [4.69, 9.17) is 5.11 Å². The molecule has 1 aromatic rings. The maximum absolute atomic E-state index is 12.8. The van der Waals surface area contributed by atoms with E-state index >= 15 is 0 Å². The number of carbonyl (C=O) groups is 3. The highest BCUT2D eigenvalue weighted by atomic mass is 19.1. The molecule has 0 aliphatic rings. The lowest BCUT2D eigenvalue weighted by Crippen LogP contribution is -2.50. The molecule has 25 heavy (non-hydrogen) atoms. The van der Waals surface area contributed by atoms with Crippen LogP contribution in [0.5, 0.6) is 0 Å². The molecular formula is C17H24FN3O4. The number of carboxylic acids is 1. The molecule has 0 spiro atoms. The van der Waals surface area contributed by atoms with Crippen LogP contribution in [0.15, 0.2) is 24.3 Å². The van der Waals surface area contributed by atoms with Crippen molar-refractivity contribution in [3.8, 4) is 0 Å². The van der Waals surface area contributed by atoms with Crippen LogP contribution >= 0.6 is 0 Å². The summed E-state index contributed by atoms with van der Waals surface area (Å²) in [7, 11) is 1.51. The average molecular weight is 353 g/mol. The van der Waals surface area contributed by atoms with Gasteiger partial charge in [-0.15, -0.1) is 0 Å². The number of aliphatic carboxylic acids is 1. The van der Waals surface area contributed by atoms with Gasteiger partial charge in [0, 0.05) is 20.1 Å². The first-order valence-corrected chi connectivity index (χ1v) is 8.09. The number of likely N-dealkylation sites (N-methyl/N-ethyl adjacent to an activating group) is 1. The summed E-state index contributed by atoms with van der Waals surface area (Å²) in [6.07, 6.45) is 0.972. The second kappa shape index (κ2) is 10.3. The van der Waals surface area contributed by atoms with Gasteiger partial charge in [0.1, 0.15) is 11.9 Å². The summed E-state index contributed by atoms with van der Waals surface area (Å²) in [5, 5.41) is 13.9. The Labute approximate surface area is 146 Å². The number of amides is 3. The molecule has 0 saturated carbocycles. The second-order valence-corrected chi connectivity index (χ2v) is 5.70. The van der Waals surface area contributed by atoms with Crippen LogP contribution in [-0.4, -0.2) is 47.5 Å². The van der Waals surface area contributed by atoms with Gasteiger partial charge in [-0.2, -0.15) is 0 Å². The molecule has 7 nitrogen and oxygen atoms in total. The van der Waals surface area contributed by atoms with E-state index in [0.29, 0.717) is 12.8 Å². The lowest BCUT2D eigenvalue weighted by atomic mass is 10.1.